The second-order valence-electron chi connectivity index (χ2n) is 2.99. The smallest absolute Gasteiger partial charge is 0.306 e. The van der Waals surface area contributed by atoms with E-state index in [0.717, 1.165) is 0 Å². The zero-order valence-electron chi connectivity index (χ0n) is 8.03. The van der Waals surface area contributed by atoms with Gasteiger partial charge in [-0.25, -0.2) is 0 Å². The van der Waals surface area contributed by atoms with Crippen LogP contribution >= 0.6 is 0 Å². The molecule has 4 nitrogen and oxygen atoms in total. The van der Waals surface area contributed by atoms with Gasteiger partial charge >= 0.3 is 11.9 Å². The van der Waals surface area contributed by atoms with Crippen molar-refractivity contribution in [3.63, 3.8) is 0 Å². The lowest BCUT2D eigenvalue weighted by Crippen LogP contribution is -2.13. The number of rotatable bonds is 0. The van der Waals surface area contributed by atoms with E-state index in [1.54, 1.807) is 0 Å². The van der Waals surface area contributed by atoms with Crippen molar-refractivity contribution in [2.75, 3.05) is 13.2 Å². The van der Waals surface area contributed by atoms with E-state index in [4.69, 9.17) is 9.47 Å². The molecule has 0 fully saturated rings. The van der Waals surface area contributed by atoms with E-state index in [-0.39, 0.29) is 25.2 Å². The highest BCUT2D eigenvalue weighted by Gasteiger charge is 2.05. The lowest BCUT2D eigenvalue weighted by molar-refractivity contribution is -0.152. The summed E-state index contributed by atoms with van der Waals surface area (Å²) in [6, 6.07) is 0. The summed E-state index contributed by atoms with van der Waals surface area (Å²) in [7, 11) is 0. The molecule has 0 saturated heterocycles. The maximum absolute atomic E-state index is 11.0. The van der Waals surface area contributed by atoms with E-state index in [9.17, 15) is 9.59 Å². The first-order valence-electron chi connectivity index (χ1n) is 4.75. The molecule has 0 saturated carbocycles. The number of hydrogen-bond donors (Lipinski definition) is 0. The number of carbonyl (C=O) groups excluding carboxylic acids is 2. The van der Waals surface area contributed by atoms with Crippen LogP contribution in [0.5, 0.6) is 0 Å². The van der Waals surface area contributed by atoms with Crippen molar-refractivity contribution in [3.05, 3.63) is 12.2 Å². The third-order valence-electron chi connectivity index (χ3n) is 1.81. The normalized spacial score (nSPS) is 22.6. The first-order chi connectivity index (χ1) is 6.79. The summed E-state index contributed by atoms with van der Waals surface area (Å²) in [6.45, 7) is 0.322. The number of cyclic esters (lactones) is 2. The first-order valence-corrected chi connectivity index (χ1v) is 4.75. The van der Waals surface area contributed by atoms with Crippen LogP contribution in [0.1, 0.15) is 25.7 Å². The van der Waals surface area contributed by atoms with Crippen LogP contribution in [0.4, 0.5) is 0 Å². The Bertz CT molecular complexity index is 208. The van der Waals surface area contributed by atoms with E-state index in [2.05, 4.69) is 0 Å². The van der Waals surface area contributed by atoms with Crippen molar-refractivity contribution in [1.29, 1.82) is 0 Å². The lowest BCUT2D eigenvalue weighted by atomic mass is 10.2. The second kappa shape index (κ2) is 6.18. The quantitative estimate of drug-likeness (QED) is 0.433. The first kappa shape index (κ1) is 10.8. The van der Waals surface area contributed by atoms with Gasteiger partial charge in [0.05, 0.1) is 0 Å². The van der Waals surface area contributed by atoms with Gasteiger partial charge < -0.3 is 9.47 Å². The van der Waals surface area contributed by atoms with Crippen LogP contribution in [-0.2, 0) is 19.1 Å². The van der Waals surface area contributed by atoms with Crippen molar-refractivity contribution < 1.29 is 19.1 Å². The van der Waals surface area contributed by atoms with E-state index >= 15 is 0 Å². The molecule has 0 aromatic rings. The van der Waals surface area contributed by atoms with E-state index in [0.29, 0.717) is 25.7 Å². The zero-order valence-corrected chi connectivity index (χ0v) is 8.03. The molecule has 78 valence electrons. The predicted octanol–water partition coefficient (Wildman–Crippen LogP) is 1.20. The van der Waals surface area contributed by atoms with Gasteiger partial charge in [-0.15, -0.1) is 0 Å². The van der Waals surface area contributed by atoms with Gasteiger partial charge in [-0.3, -0.25) is 9.59 Å². The van der Waals surface area contributed by atoms with Gasteiger partial charge in [0.15, 0.2) is 0 Å². The highest BCUT2D eigenvalue weighted by molar-refractivity contribution is 5.70. The summed E-state index contributed by atoms with van der Waals surface area (Å²) in [6.07, 6.45) is 5.91. The fourth-order valence-corrected chi connectivity index (χ4v) is 1.09. The van der Waals surface area contributed by atoms with Crippen molar-refractivity contribution in [3.8, 4) is 0 Å². The fourth-order valence-electron chi connectivity index (χ4n) is 1.09. The molecule has 0 spiro atoms. The molecule has 0 unspecified atom stereocenters. The minimum Gasteiger partial charge on any atom is -0.462 e. The molecule has 0 radical (unpaired) electrons. The number of esters is 2. The van der Waals surface area contributed by atoms with E-state index in [1.807, 2.05) is 12.2 Å². The Morgan fingerprint density at radius 2 is 1.29 bits per heavy atom. The van der Waals surface area contributed by atoms with Crippen LogP contribution in [0.15, 0.2) is 12.2 Å². The van der Waals surface area contributed by atoms with E-state index in [1.165, 1.54) is 0 Å². The molecule has 0 atom stereocenters. The van der Waals surface area contributed by atoms with Crippen LogP contribution in [-0.4, -0.2) is 25.2 Å². The molecule has 0 N–H and O–H groups in total. The minimum atomic E-state index is -0.244. The van der Waals surface area contributed by atoms with Crippen LogP contribution in [0, 0.1) is 0 Å². The second-order valence-corrected chi connectivity index (χ2v) is 2.99. The van der Waals surface area contributed by atoms with Gasteiger partial charge in [0.25, 0.3) is 0 Å². The maximum Gasteiger partial charge on any atom is 0.306 e. The summed E-state index contributed by atoms with van der Waals surface area (Å²) in [4.78, 5) is 22.0. The van der Waals surface area contributed by atoms with Crippen LogP contribution < -0.4 is 0 Å². The van der Waals surface area contributed by atoms with Crippen LogP contribution in [0.25, 0.3) is 0 Å². The monoisotopic (exact) mass is 198 g/mol. The molecule has 1 heterocycles. The van der Waals surface area contributed by atoms with Gasteiger partial charge in [-0.05, 0) is 12.8 Å². The Kier molecular flexibility index (Phi) is 4.75. The Balaban J connectivity index is 2.37. The third-order valence-corrected chi connectivity index (χ3v) is 1.81. The highest BCUT2D eigenvalue weighted by atomic mass is 16.6. The van der Waals surface area contributed by atoms with Gasteiger partial charge in [0.1, 0.15) is 13.2 Å². The van der Waals surface area contributed by atoms with Gasteiger partial charge in [-0.1, -0.05) is 12.2 Å². The van der Waals surface area contributed by atoms with Gasteiger partial charge in [0, 0.05) is 12.8 Å². The Morgan fingerprint density at radius 3 is 1.71 bits per heavy atom. The average molecular weight is 198 g/mol. The average Bonchev–Trinajstić information content (AvgIpc) is 2.16. The molecule has 14 heavy (non-hydrogen) atoms. The summed E-state index contributed by atoms with van der Waals surface area (Å²) >= 11 is 0. The predicted molar refractivity (Wildman–Crippen MR) is 49.5 cm³/mol. The van der Waals surface area contributed by atoms with E-state index < -0.39 is 0 Å². The maximum atomic E-state index is 11.0. The van der Waals surface area contributed by atoms with Crippen molar-refractivity contribution in [2.24, 2.45) is 0 Å². The van der Waals surface area contributed by atoms with Crippen molar-refractivity contribution >= 4 is 11.9 Å². The molecular weight excluding hydrogens is 184 g/mol. The molecule has 0 aliphatic carbocycles. The molecule has 1 aliphatic rings. The Labute approximate surface area is 82.9 Å². The molecular formula is C10H14O4. The number of ether oxygens (including phenoxy) is 2. The minimum absolute atomic E-state index is 0.161. The van der Waals surface area contributed by atoms with Gasteiger partial charge in [-0.2, -0.15) is 0 Å². The molecule has 1 aliphatic heterocycles. The lowest BCUT2D eigenvalue weighted by Gasteiger charge is -2.06. The molecule has 0 amide bonds. The molecule has 1 rings (SSSR count). The Morgan fingerprint density at radius 1 is 0.857 bits per heavy atom. The molecule has 0 aromatic carbocycles. The summed E-state index contributed by atoms with van der Waals surface area (Å²) < 4.78 is 9.63. The topological polar surface area (TPSA) is 52.6 Å². The fraction of sp³-hybridized carbons (Fsp3) is 0.600. The SMILES string of the molecule is O=C1CC/C=C/CCC(=O)OCCO1. The molecule has 0 bridgehead atoms. The largest absolute Gasteiger partial charge is 0.462 e. The standard InChI is InChI=1S/C10H14O4/c11-9-5-3-1-2-4-6-10(12)14-8-7-13-9/h1-2H,3-8H2/b2-1+. The molecule has 4 heteroatoms. The molecule has 0 aromatic heterocycles. The highest BCUT2D eigenvalue weighted by Crippen LogP contribution is 2.00. The van der Waals surface area contributed by atoms with Crippen LogP contribution in [0.3, 0.4) is 0 Å². The number of allylic oxidation sites excluding steroid dienone is 2. The summed E-state index contributed by atoms with van der Waals surface area (Å²) in [5.41, 5.74) is 0. The van der Waals surface area contributed by atoms with Crippen LogP contribution in [0.2, 0.25) is 0 Å². The van der Waals surface area contributed by atoms with Crippen molar-refractivity contribution in [1.82, 2.24) is 0 Å². The number of hydrogen-bond acceptors (Lipinski definition) is 4. The number of carbonyl (C=O) groups is 2. The third kappa shape index (κ3) is 4.64. The zero-order chi connectivity index (χ0) is 10.2. The summed E-state index contributed by atoms with van der Waals surface area (Å²) in [5, 5.41) is 0. The Hall–Kier alpha value is -1.32. The van der Waals surface area contributed by atoms with Gasteiger partial charge in [0.2, 0.25) is 0 Å². The summed E-state index contributed by atoms with van der Waals surface area (Å²) in [5.74, 6) is -0.488. The van der Waals surface area contributed by atoms with Crippen molar-refractivity contribution in [2.45, 2.75) is 25.7 Å².